The lowest BCUT2D eigenvalue weighted by Gasteiger charge is -2.29. The van der Waals surface area contributed by atoms with Gasteiger partial charge in [-0.15, -0.1) is 0 Å². The van der Waals surface area contributed by atoms with Crippen LogP contribution in [0.3, 0.4) is 0 Å². The Hall–Kier alpha value is -1.02. The van der Waals surface area contributed by atoms with Crippen LogP contribution in [0.25, 0.3) is 0 Å². The molecule has 344 valence electrons. The van der Waals surface area contributed by atoms with E-state index in [0.29, 0.717) is 17.4 Å². The third-order valence-corrected chi connectivity index (χ3v) is 12.1. The number of allylic oxidation sites excluding steroid dienone is 3. The number of carbonyl (C=O) groups excluding carboxylic acids is 1. The van der Waals surface area contributed by atoms with Crippen molar-refractivity contribution in [3.8, 4) is 0 Å². The first-order valence-corrected chi connectivity index (χ1v) is 26.2. The number of likely N-dealkylation sites (N-methyl/N-ethyl adjacent to an activating group) is 1. The molecule has 0 aromatic heterocycles. The van der Waals surface area contributed by atoms with E-state index in [1.54, 1.807) is 6.08 Å². The molecule has 0 aliphatic heterocycles. The van der Waals surface area contributed by atoms with Gasteiger partial charge in [-0.05, 0) is 32.1 Å². The topological polar surface area (TPSA) is 108 Å². The van der Waals surface area contributed by atoms with Crippen molar-refractivity contribution in [2.75, 3.05) is 40.9 Å². The number of nitrogens with zero attached hydrogens (tertiary/aromatic N) is 1. The lowest BCUT2D eigenvalue weighted by Crippen LogP contribution is -2.45. The molecule has 0 aliphatic rings. The van der Waals surface area contributed by atoms with Crippen LogP contribution in [0.5, 0.6) is 0 Å². The number of rotatable bonds is 45. The quantitative estimate of drug-likeness (QED) is 0.0274. The van der Waals surface area contributed by atoms with Gasteiger partial charge in [-0.1, -0.05) is 218 Å². The average molecular weight is 841 g/mol. The maximum absolute atomic E-state index is 12.9. The molecular weight excluding hydrogens is 744 g/mol. The largest absolute Gasteiger partial charge is 0.756 e. The second-order valence-electron chi connectivity index (χ2n) is 18.2. The van der Waals surface area contributed by atoms with Gasteiger partial charge in [-0.25, -0.2) is 0 Å². The number of unbranched alkanes of at least 4 members (excludes halogenated alkanes) is 30. The Morgan fingerprint density at radius 1 is 0.586 bits per heavy atom. The Labute approximate surface area is 360 Å². The van der Waals surface area contributed by atoms with Gasteiger partial charge >= 0.3 is 0 Å². The van der Waals surface area contributed by atoms with Gasteiger partial charge in [0.15, 0.2) is 0 Å². The van der Waals surface area contributed by atoms with Crippen molar-refractivity contribution in [3.05, 3.63) is 24.3 Å². The highest BCUT2D eigenvalue weighted by Gasteiger charge is 2.23. The van der Waals surface area contributed by atoms with E-state index in [2.05, 4.69) is 31.3 Å². The van der Waals surface area contributed by atoms with E-state index in [4.69, 9.17) is 9.05 Å². The van der Waals surface area contributed by atoms with Crippen molar-refractivity contribution in [2.45, 2.75) is 244 Å². The van der Waals surface area contributed by atoms with Crippen LogP contribution in [-0.2, 0) is 18.4 Å². The number of hydrogen-bond acceptors (Lipinski definition) is 6. The molecule has 0 spiro atoms. The number of carbonyl (C=O) groups is 1. The number of aliphatic hydroxyl groups is 1. The monoisotopic (exact) mass is 841 g/mol. The minimum atomic E-state index is -4.59. The zero-order valence-corrected chi connectivity index (χ0v) is 39.9. The van der Waals surface area contributed by atoms with E-state index in [1.807, 2.05) is 27.2 Å². The molecule has 0 fully saturated rings. The molecule has 0 rings (SSSR count). The van der Waals surface area contributed by atoms with Crippen LogP contribution in [-0.4, -0.2) is 68.5 Å². The van der Waals surface area contributed by atoms with Crippen LogP contribution >= 0.6 is 7.82 Å². The molecule has 0 radical (unpaired) electrons. The smallest absolute Gasteiger partial charge is 0.268 e. The number of quaternary nitrogens is 1. The number of nitrogens with one attached hydrogen (secondary N) is 1. The second-order valence-corrected chi connectivity index (χ2v) is 19.6. The number of amides is 1. The van der Waals surface area contributed by atoms with E-state index < -0.39 is 20.0 Å². The summed E-state index contributed by atoms with van der Waals surface area (Å²) < 4.78 is 23.2. The van der Waals surface area contributed by atoms with Crippen LogP contribution in [0.15, 0.2) is 24.3 Å². The highest BCUT2D eigenvalue weighted by Crippen LogP contribution is 2.38. The maximum Gasteiger partial charge on any atom is 0.268 e. The number of aliphatic hydroxyl groups excluding tert-OH is 1. The molecule has 3 atom stereocenters. The first kappa shape index (κ1) is 57.0. The number of phosphoric acid groups is 1. The third-order valence-electron chi connectivity index (χ3n) is 11.2. The van der Waals surface area contributed by atoms with E-state index in [9.17, 15) is 19.4 Å². The van der Waals surface area contributed by atoms with Crippen molar-refractivity contribution in [1.29, 1.82) is 0 Å². The Kier molecular flexibility index (Phi) is 40.6. The normalized spacial score (nSPS) is 14.4. The van der Waals surface area contributed by atoms with E-state index >= 15 is 0 Å². The van der Waals surface area contributed by atoms with Gasteiger partial charge in [-0.3, -0.25) is 9.36 Å². The lowest BCUT2D eigenvalue weighted by atomic mass is 10.0. The molecule has 0 heterocycles. The zero-order valence-electron chi connectivity index (χ0n) is 39.0. The molecular formula is C49H97N2O6P. The SMILES string of the molecule is CCCCCCCCCCCCCC/C=C/CC/C=C/C(O)C(COP(=O)([O-])OCC[N+](C)(C)C)NC(=O)CCCCCCCCCCCCCCCCCCCC. The fourth-order valence-electron chi connectivity index (χ4n) is 7.23. The average Bonchev–Trinajstić information content (AvgIpc) is 3.17. The summed E-state index contributed by atoms with van der Waals surface area (Å²) >= 11 is 0. The molecule has 0 bridgehead atoms. The third kappa shape index (κ3) is 43.1. The van der Waals surface area contributed by atoms with Crippen molar-refractivity contribution in [1.82, 2.24) is 5.32 Å². The maximum atomic E-state index is 12.9. The van der Waals surface area contributed by atoms with Gasteiger partial charge in [0.2, 0.25) is 5.91 Å². The Morgan fingerprint density at radius 3 is 1.40 bits per heavy atom. The molecule has 9 heteroatoms. The predicted octanol–water partition coefficient (Wildman–Crippen LogP) is 13.5. The first-order chi connectivity index (χ1) is 28.0. The van der Waals surface area contributed by atoms with Gasteiger partial charge in [0.1, 0.15) is 13.2 Å². The predicted molar refractivity (Wildman–Crippen MR) is 247 cm³/mol. The van der Waals surface area contributed by atoms with Gasteiger partial charge < -0.3 is 28.8 Å². The highest BCUT2D eigenvalue weighted by atomic mass is 31.2. The standard InChI is InChI=1S/C49H97N2O6P/c1-6-8-10-12-14-16-18-20-22-24-26-28-30-32-34-36-38-40-42-48(52)47(46-57-58(54,55)56-45-44-51(3,4)5)50-49(53)43-41-39-37-35-33-31-29-27-25-23-21-19-17-15-13-11-9-7-2/h32,34,40,42,47-48,52H,6-31,33,35-39,41,43-46H2,1-5H3,(H-,50,53,54,55)/b34-32+,42-40+. The van der Waals surface area contributed by atoms with Crippen LogP contribution in [0.4, 0.5) is 0 Å². The molecule has 2 N–H and O–H groups in total. The van der Waals surface area contributed by atoms with Gasteiger partial charge in [0, 0.05) is 6.42 Å². The van der Waals surface area contributed by atoms with Gasteiger partial charge in [0.25, 0.3) is 7.82 Å². The summed E-state index contributed by atoms with van der Waals surface area (Å²) in [5, 5.41) is 13.8. The highest BCUT2D eigenvalue weighted by molar-refractivity contribution is 7.45. The van der Waals surface area contributed by atoms with Crippen LogP contribution in [0.1, 0.15) is 232 Å². The summed E-state index contributed by atoms with van der Waals surface area (Å²) in [5.41, 5.74) is 0. The van der Waals surface area contributed by atoms with Gasteiger partial charge in [0.05, 0.1) is 39.9 Å². The van der Waals surface area contributed by atoms with Crippen molar-refractivity contribution >= 4 is 13.7 Å². The van der Waals surface area contributed by atoms with Crippen LogP contribution in [0, 0.1) is 0 Å². The second kappa shape index (κ2) is 41.3. The summed E-state index contributed by atoms with van der Waals surface area (Å²) in [5.74, 6) is -0.204. The molecule has 0 saturated heterocycles. The molecule has 0 aliphatic carbocycles. The van der Waals surface area contributed by atoms with Crippen molar-refractivity contribution in [3.63, 3.8) is 0 Å². The van der Waals surface area contributed by atoms with E-state index in [-0.39, 0.29) is 19.1 Å². The molecule has 3 unspecified atom stereocenters. The summed E-state index contributed by atoms with van der Waals surface area (Å²) in [7, 11) is 1.25. The van der Waals surface area contributed by atoms with Crippen LogP contribution in [0.2, 0.25) is 0 Å². The molecule has 0 aromatic rings. The fraction of sp³-hybridized carbons (Fsp3) is 0.898. The van der Waals surface area contributed by atoms with Crippen molar-refractivity contribution in [2.24, 2.45) is 0 Å². The van der Waals surface area contributed by atoms with E-state index in [0.717, 1.165) is 38.5 Å². The summed E-state index contributed by atoms with van der Waals surface area (Å²) in [6, 6.07) is -0.898. The Bertz CT molecular complexity index is 1000. The Balaban J connectivity index is 4.37. The first-order valence-electron chi connectivity index (χ1n) is 24.7. The summed E-state index contributed by atoms with van der Waals surface area (Å²) in [6.45, 7) is 4.65. The molecule has 0 aromatic carbocycles. The fourth-order valence-corrected chi connectivity index (χ4v) is 7.95. The lowest BCUT2D eigenvalue weighted by molar-refractivity contribution is -0.870. The van der Waals surface area contributed by atoms with Crippen LogP contribution < -0.4 is 10.2 Å². The van der Waals surface area contributed by atoms with Gasteiger partial charge in [-0.2, -0.15) is 0 Å². The minimum absolute atomic E-state index is 0.00402. The summed E-state index contributed by atoms with van der Waals surface area (Å²) in [6.07, 6.45) is 49.4. The molecule has 58 heavy (non-hydrogen) atoms. The summed E-state index contributed by atoms with van der Waals surface area (Å²) in [4.78, 5) is 25.4. The molecule has 1 amide bonds. The number of hydrogen-bond donors (Lipinski definition) is 2. The minimum Gasteiger partial charge on any atom is -0.756 e. The number of phosphoric ester groups is 1. The Morgan fingerprint density at radius 2 is 0.966 bits per heavy atom. The van der Waals surface area contributed by atoms with Crippen molar-refractivity contribution < 1.29 is 32.9 Å². The van der Waals surface area contributed by atoms with E-state index in [1.165, 1.54) is 173 Å². The molecule has 8 nitrogen and oxygen atoms in total. The zero-order chi connectivity index (χ0) is 42.8. The molecule has 0 saturated carbocycles.